The second-order valence-corrected chi connectivity index (χ2v) is 8.21. The van der Waals surface area contributed by atoms with E-state index in [-0.39, 0.29) is 24.0 Å². The number of anilines is 2. The van der Waals surface area contributed by atoms with Gasteiger partial charge in [-0.25, -0.2) is 0 Å². The number of nitrogens with one attached hydrogen (secondary N) is 2. The van der Waals surface area contributed by atoms with Crippen molar-refractivity contribution in [2.24, 2.45) is 7.05 Å². The van der Waals surface area contributed by atoms with Crippen molar-refractivity contribution in [3.8, 4) is 0 Å². The molecule has 2 amide bonds. The molecule has 2 heterocycles. The molecule has 0 atom stereocenters. The van der Waals surface area contributed by atoms with Crippen LogP contribution in [0.4, 0.5) is 10.8 Å². The standard InChI is InChI=1S/C16H16ClN7O2S2/c1-9-20-22-15(28-9)19-14(26)8-27-16-23-21-12(24(16)2)7-13(25)18-11-5-3-10(17)4-6-11/h3-6H,7-8H2,1-2H3,(H,18,25)(H,19,22,26). The van der Waals surface area contributed by atoms with Crippen molar-refractivity contribution in [1.29, 1.82) is 0 Å². The minimum atomic E-state index is -0.223. The number of amides is 2. The quantitative estimate of drug-likeness (QED) is 0.546. The van der Waals surface area contributed by atoms with Crippen molar-refractivity contribution in [2.45, 2.75) is 18.5 Å². The zero-order valence-corrected chi connectivity index (χ0v) is 17.4. The predicted octanol–water partition coefficient (Wildman–Crippen LogP) is 2.54. The van der Waals surface area contributed by atoms with E-state index in [9.17, 15) is 9.59 Å². The summed E-state index contributed by atoms with van der Waals surface area (Å²) in [4.78, 5) is 24.2. The van der Waals surface area contributed by atoms with E-state index in [1.807, 2.05) is 6.92 Å². The number of thioether (sulfide) groups is 1. The van der Waals surface area contributed by atoms with Crippen molar-refractivity contribution in [3.63, 3.8) is 0 Å². The molecule has 28 heavy (non-hydrogen) atoms. The molecule has 0 aliphatic rings. The van der Waals surface area contributed by atoms with Crippen LogP contribution in [0.5, 0.6) is 0 Å². The molecule has 0 saturated carbocycles. The monoisotopic (exact) mass is 437 g/mol. The summed E-state index contributed by atoms with van der Waals surface area (Å²) in [5, 5.41) is 23.6. The van der Waals surface area contributed by atoms with Crippen LogP contribution in [-0.4, -0.2) is 42.5 Å². The van der Waals surface area contributed by atoms with Gasteiger partial charge in [0.1, 0.15) is 10.8 Å². The van der Waals surface area contributed by atoms with Crippen molar-refractivity contribution in [3.05, 3.63) is 40.1 Å². The average molecular weight is 438 g/mol. The Morgan fingerprint density at radius 3 is 2.54 bits per heavy atom. The van der Waals surface area contributed by atoms with Crippen LogP contribution < -0.4 is 10.6 Å². The van der Waals surface area contributed by atoms with Crippen LogP contribution in [0.25, 0.3) is 0 Å². The van der Waals surface area contributed by atoms with E-state index in [1.54, 1.807) is 35.9 Å². The summed E-state index contributed by atoms with van der Waals surface area (Å²) >= 11 is 8.36. The van der Waals surface area contributed by atoms with E-state index in [4.69, 9.17) is 11.6 Å². The molecule has 0 fully saturated rings. The van der Waals surface area contributed by atoms with Crippen LogP contribution >= 0.6 is 34.7 Å². The van der Waals surface area contributed by atoms with Gasteiger partial charge in [0, 0.05) is 17.8 Å². The fraction of sp³-hybridized carbons (Fsp3) is 0.250. The van der Waals surface area contributed by atoms with Crippen LogP contribution in [0.1, 0.15) is 10.8 Å². The van der Waals surface area contributed by atoms with Crippen LogP contribution in [0.15, 0.2) is 29.4 Å². The Labute approximate surface area is 173 Å². The first-order chi connectivity index (χ1) is 13.4. The summed E-state index contributed by atoms with van der Waals surface area (Å²) in [5.74, 6) is 0.195. The molecule has 0 bridgehead atoms. The zero-order valence-electron chi connectivity index (χ0n) is 15.0. The number of rotatable bonds is 7. The van der Waals surface area contributed by atoms with Crippen molar-refractivity contribution in [1.82, 2.24) is 25.0 Å². The molecule has 2 N–H and O–H groups in total. The number of hydrogen-bond acceptors (Lipinski definition) is 8. The number of benzene rings is 1. The van der Waals surface area contributed by atoms with Gasteiger partial charge in [0.15, 0.2) is 5.16 Å². The highest BCUT2D eigenvalue weighted by Crippen LogP contribution is 2.18. The summed E-state index contributed by atoms with van der Waals surface area (Å²) in [7, 11) is 1.75. The maximum absolute atomic E-state index is 12.2. The highest BCUT2D eigenvalue weighted by Gasteiger charge is 2.15. The first kappa shape index (κ1) is 20.2. The van der Waals surface area contributed by atoms with Gasteiger partial charge in [-0.2, -0.15) is 0 Å². The second kappa shape index (κ2) is 9.13. The molecular formula is C16H16ClN7O2S2. The van der Waals surface area contributed by atoms with E-state index in [1.165, 1.54) is 23.1 Å². The molecule has 0 saturated heterocycles. The zero-order chi connectivity index (χ0) is 20.1. The van der Waals surface area contributed by atoms with Gasteiger partial charge in [0.25, 0.3) is 0 Å². The van der Waals surface area contributed by atoms with Crippen molar-refractivity contribution in [2.75, 3.05) is 16.4 Å². The molecule has 0 spiro atoms. The molecule has 146 valence electrons. The third-order valence-corrected chi connectivity index (χ3v) is 5.50. The largest absolute Gasteiger partial charge is 0.326 e. The van der Waals surface area contributed by atoms with E-state index in [0.29, 0.717) is 26.8 Å². The van der Waals surface area contributed by atoms with E-state index >= 15 is 0 Å². The molecule has 12 heteroatoms. The minimum Gasteiger partial charge on any atom is -0.326 e. The molecule has 3 rings (SSSR count). The Morgan fingerprint density at radius 2 is 1.86 bits per heavy atom. The summed E-state index contributed by atoms with van der Waals surface area (Å²) < 4.78 is 1.69. The Balaban J connectivity index is 1.52. The molecule has 1 aromatic carbocycles. The lowest BCUT2D eigenvalue weighted by Crippen LogP contribution is -2.17. The molecule has 0 aliphatic heterocycles. The van der Waals surface area contributed by atoms with Gasteiger partial charge in [-0.3, -0.25) is 14.9 Å². The van der Waals surface area contributed by atoms with Crippen molar-refractivity contribution >= 4 is 57.3 Å². The summed E-state index contributed by atoms with van der Waals surface area (Å²) in [6.45, 7) is 1.81. The van der Waals surface area contributed by atoms with Gasteiger partial charge in [0.2, 0.25) is 16.9 Å². The van der Waals surface area contributed by atoms with E-state index in [0.717, 1.165) is 5.01 Å². The lowest BCUT2D eigenvalue weighted by Gasteiger charge is -2.06. The molecule has 0 unspecified atom stereocenters. The normalized spacial score (nSPS) is 10.7. The minimum absolute atomic E-state index is 0.0585. The third-order valence-electron chi connectivity index (χ3n) is 3.48. The fourth-order valence-electron chi connectivity index (χ4n) is 2.14. The Morgan fingerprint density at radius 1 is 1.11 bits per heavy atom. The first-order valence-corrected chi connectivity index (χ1v) is 10.2. The number of nitrogens with zero attached hydrogens (tertiary/aromatic N) is 5. The molecule has 3 aromatic rings. The topological polar surface area (TPSA) is 115 Å². The predicted molar refractivity (Wildman–Crippen MR) is 109 cm³/mol. The number of aromatic nitrogens is 5. The number of hydrogen-bond donors (Lipinski definition) is 2. The van der Waals surface area contributed by atoms with Crippen LogP contribution in [-0.2, 0) is 23.1 Å². The first-order valence-electron chi connectivity index (χ1n) is 8.07. The maximum atomic E-state index is 12.2. The smallest absolute Gasteiger partial charge is 0.236 e. The summed E-state index contributed by atoms with van der Waals surface area (Å²) in [6.07, 6.45) is 0.0585. The Bertz CT molecular complexity index is 987. The molecular weight excluding hydrogens is 422 g/mol. The van der Waals surface area contributed by atoms with Crippen LogP contribution in [0.2, 0.25) is 5.02 Å². The Kier molecular flexibility index (Phi) is 6.60. The SMILES string of the molecule is Cc1nnc(NC(=O)CSc2nnc(CC(=O)Nc3ccc(Cl)cc3)n2C)s1. The van der Waals surface area contributed by atoms with Gasteiger partial charge in [-0.05, 0) is 31.2 Å². The maximum Gasteiger partial charge on any atom is 0.236 e. The van der Waals surface area contributed by atoms with Crippen LogP contribution in [0, 0.1) is 6.92 Å². The number of halogens is 1. The van der Waals surface area contributed by atoms with Gasteiger partial charge >= 0.3 is 0 Å². The molecule has 9 nitrogen and oxygen atoms in total. The summed E-state index contributed by atoms with van der Waals surface area (Å²) in [6, 6.07) is 6.83. The molecule has 0 radical (unpaired) electrons. The Hall–Kier alpha value is -2.50. The fourth-order valence-corrected chi connectivity index (χ4v) is 3.60. The van der Waals surface area contributed by atoms with E-state index < -0.39 is 0 Å². The highest BCUT2D eigenvalue weighted by molar-refractivity contribution is 7.99. The average Bonchev–Trinajstić information content (AvgIpc) is 3.21. The highest BCUT2D eigenvalue weighted by atomic mass is 35.5. The van der Waals surface area contributed by atoms with Gasteiger partial charge < -0.3 is 9.88 Å². The third kappa shape index (κ3) is 5.50. The molecule has 0 aliphatic carbocycles. The van der Waals surface area contributed by atoms with Gasteiger partial charge in [0.05, 0.1) is 12.2 Å². The van der Waals surface area contributed by atoms with Crippen LogP contribution in [0.3, 0.4) is 0 Å². The lowest BCUT2D eigenvalue weighted by atomic mass is 10.3. The number of carbonyl (C=O) groups excluding carboxylic acids is 2. The summed E-state index contributed by atoms with van der Waals surface area (Å²) in [5.41, 5.74) is 0.648. The number of aryl methyl sites for hydroxylation is 1. The number of carbonyl (C=O) groups is 2. The van der Waals surface area contributed by atoms with Gasteiger partial charge in [-0.15, -0.1) is 20.4 Å². The second-order valence-electron chi connectivity index (χ2n) is 5.65. The lowest BCUT2D eigenvalue weighted by molar-refractivity contribution is -0.116. The van der Waals surface area contributed by atoms with Crippen molar-refractivity contribution < 1.29 is 9.59 Å². The molecule has 2 aromatic heterocycles. The van der Waals surface area contributed by atoms with Gasteiger partial charge in [-0.1, -0.05) is 34.7 Å². The van der Waals surface area contributed by atoms with E-state index in [2.05, 4.69) is 31.0 Å².